The van der Waals surface area contributed by atoms with Gasteiger partial charge in [0, 0.05) is 30.4 Å². The zero-order valence-corrected chi connectivity index (χ0v) is 11.3. The third kappa shape index (κ3) is 2.72. The van der Waals surface area contributed by atoms with Crippen molar-refractivity contribution in [1.29, 1.82) is 0 Å². The average Bonchev–Trinajstić information content (AvgIpc) is 2.97. The van der Waals surface area contributed by atoms with Gasteiger partial charge in [0.2, 0.25) is 5.91 Å². The Morgan fingerprint density at radius 2 is 2.33 bits per heavy atom. The van der Waals surface area contributed by atoms with Crippen molar-refractivity contribution in [2.45, 2.75) is 45.2 Å². The molecule has 2 rings (SSSR count). The predicted octanol–water partition coefficient (Wildman–Crippen LogP) is 1.05. The summed E-state index contributed by atoms with van der Waals surface area (Å²) in [4.78, 5) is 16.2. The van der Waals surface area contributed by atoms with Crippen LogP contribution in [0.4, 0.5) is 0 Å². The number of hydrogen-bond donors (Lipinski definition) is 2. The molecule has 2 atom stereocenters. The fraction of sp³-hybridized carbons (Fsp3) is 0.692. The second kappa shape index (κ2) is 5.52. The summed E-state index contributed by atoms with van der Waals surface area (Å²) in [5.74, 6) is 0.525. The number of nitrogens with zero attached hydrogens (tertiary/aromatic N) is 2. The summed E-state index contributed by atoms with van der Waals surface area (Å²) in [5.41, 5.74) is 1.16. The molecule has 5 nitrogen and oxygen atoms in total. The highest BCUT2D eigenvalue weighted by atomic mass is 16.2. The van der Waals surface area contributed by atoms with E-state index < -0.39 is 0 Å². The monoisotopic (exact) mass is 250 g/mol. The fourth-order valence-corrected chi connectivity index (χ4v) is 2.39. The van der Waals surface area contributed by atoms with Gasteiger partial charge in [-0.25, -0.2) is 4.98 Å². The molecule has 1 aliphatic rings. The van der Waals surface area contributed by atoms with Gasteiger partial charge in [-0.15, -0.1) is 0 Å². The molecule has 0 saturated carbocycles. The molecule has 1 aliphatic heterocycles. The number of rotatable bonds is 4. The normalized spacial score (nSPS) is 21.2. The van der Waals surface area contributed by atoms with Gasteiger partial charge in [0.1, 0.15) is 6.04 Å². The Kier molecular flexibility index (Phi) is 4.01. The molecule has 1 fully saturated rings. The van der Waals surface area contributed by atoms with Gasteiger partial charge < -0.3 is 15.2 Å². The van der Waals surface area contributed by atoms with Crippen molar-refractivity contribution in [2.24, 2.45) is 0 Å². The second-order valence-corrected chi connectivity index (χ2v) is 5.25. The standard InChI is InChI=1S/C13H22N4O/c1-9(2)16-13(18)10(3)17-8-15-7-12(17)11-4-5-14-6-11/h7-11,14H,4-6H2,1-3H3,(H,16,18). The van der Waals surface area contributed by atoms with Crippen LogP contribution in [0.3, 0.4) is 0 Å². The van der Waals surface area contributed by atoms with Crippen LogP contribution in [-0.4, -0.2) is 34.6 Å². The van der Waals surface area contributed by atoms with Crippen LogP contribution in [-0.2, 0) is 4.79 Å². The Balaban J connectivity index is 2.12. The minimum atomic E-state index is -0.203. The van der Waals surface area contributed by atoms with Gasteiger partial charge in [-0.2, -0.15) is 0 Å². The summed E-state index contributed by atoms with van der Waals surface area (Å²) in [7, 11) is 0. The Bertz CT molecular complexity index is 407. The first-order valence-corrected chi connectivity index (χ1v) is 6.62. The second-order valence-electron chi connectivity index (χ2n) is 5.25. The molecule has 18 heavy (non-hydrogen) atoms. The molecule has 5 heteroatoms. The van der Waals surface area contributed by atoms with Crippen LogP contribution in [0.2, 0.25) is 0 Å². The van der Waals surface area contributed by atoms with Crippen LogP contribution in [0.15, 0.2) is 12.5 Å². The molecule has 2 unspecified atom stereocenters. The van der Waals surface area contributed by atoms with Crippen molar-refractivity contribution in [3.05, 3.63) is 18.2 Å². The van der Waals surface area contributed by atoms with E-state index in [2.05, 4.69) is 15.6 Å². The van der Waals surface area contributed by atoms with Crippen molar-refractivity contribution < 1.29 is 4.79 Å². The third-order valence-electron chi connectivity index (χ3n) is 3.40. The zero-order valence-electron chi connectivity index (χ0n) is 11.3. The van der Waals surface area contributed by atoms with Gasteiger partial charge in [-0.05, 0) is 33.7 Å². The molecule has 0 aliphatic carbocycles. The average molecular weight is 250 g/mol. The van der Waals surface area contributed by atoms with Crippen LogP contribution in [0.5, 0.6) is 0 Å². The van der Waals surface area contributed by atoms with Crippen LogP contribution >= 0.6 is 0 Å². The first-order valence-electron chi connectivity index (χ1n) is 6.62. The minimum Gasteiger partial charge on any atom is -0.352 e. The minimum absolute atomic E-state index is 0.0511. The van der Waals surface area contributed by atoms with Crippen LogP contribution in [0, 0.1) is 0 Å². The van der Waals surface area contributed by atoms with E-state index >= 15 is 0 Å². The Morgan fingerprint density at radius 1 is 1.56 bits per heavy atom. The lowest BCUT2D eigenvalue weighted by molar-refractivity contribution is -0.124. The SMILES string of the molecule is CC(C)NC(=O)C(C)n1cncc1C1CCNC1. The maximum atomic E-state index is 12.0. The van der Waals surface area contributed by atoms with Crippen LogP contribution in [0.1, 0.15) is 44.8 Å². The summed E-state index contributed by atoms with van der Waals surface area (Å²) in [6, 6.07) is -0.0365. The first kappa shape index (κ1) is 13.1. The van der Waals surface area contributed by atoms with Crippen LogP contribution < -0.4 is 10.6 Å². The van der Waals surface area contributed by atoms with Crippen molar-refractivity contribution in [3.8, 4) is 0 Å². The fourth-order valence-electron chi connectivity index (χ4n) is 2.39. The lowest BCUT2D eigenvalue weighted by atomic mass is 10.1. The Labute approximate surface area is 108 Å². The van der Waals surface area contributed by atoms with Crippen LogP contribution in [0.25, 0.3) is 0 Å². The molecule has 0 aromatic carbocycles. The molecule has 100 valence electrons. The molecule has 1 saturated heterocycles. The maximum Gasteiger partial charge on any atom is 0.243 e. The number of nitrogens with one attached hydrogen (secondary N) is 2. The molecule has 0 radical (unpaired) electrons. The Hall–Kier alpha value is -1.36. The molecule has 1 aromatic heterocycles. The molecule has 2 heterocycles. The molecule has 1 aromatic rings. The van der Waals surface area contributed by atoms with E-state index in [1.165, 1.54) is 0 Å². The van der Waals surface area contributed by atoms with Crippen molar-refractivity contribution in [2.75, 3.05) is 13.1 Å². The van der Waals surface area contributed by atoms with E-state index in [0.29, 0.717) is 5.92 Å². The number of carbonyl (C=O) groups excluding carboxylic acids is 1. The van der Waals surface area contributed by atoms with E-state index in [-0.39, 0.29) is 18.0 Å². The summed E-state index contributed by atoms with van der Waals surface area (Å²) in [6.07, 6.45) is 4.76. The molecule has 2 N–H and O–H groups in total. The highest BCUT2D eigenvalue weighted by Gasteiger charge is 2.24. The third-order valence-corrected chi connectivity index (χ3v) is 3.40. The van der Waals surface area contributed by atoms with Gasteiger partial charge in [-0.1, -0.05) is 0 Å². The van der Waals surface area contributed by atoms with Gasteiger partial charge in [0.25, 0.3) is 0 Å². The number of aromatic nitrogens is 2. The molecule has 0 spiro atoms. The van der Waals surface area contributed by atoms with Crippen molar-refractivity contribution in [1.82, 2.24) is 20.2 Å². The van der Waals surface area contributed by atoms with E-state index in [9.17, 15) is 4.79 Å². The summed E-state index contributed by atoms with van der Waals surface area (Å²) >= 11 is 0. The molecule has 1 amide bonds. The smallest absolute Gasteiger partial charge is 0.243 e. The zero-order chi connectivity index (χ0) is 13.1. The van der Waals surface area contributed by atoms with E-state index in [1.807, 2.05) is 31.5 Å². The van der Waals surface area contributed by atoms with Gasteiger partial charge in [0.15, 0.2) is 0 Å². The highest BCUT2D eigenvalue weighted by molar-refractivity contribution is 5.80. The quantitative estimate of drug-likeness (QED) is 0.839. The lowest BCUT2D eigenvalue weighted by Crippen LogP contribution is -2.36. The van der Waals surface area contributed by atoms with Gasteiger partial charge in [0.05, 0.1) is 6.33 Å². The Morgan fingerprint density at radius 3 is 2.94 bits per heavy atom. The largest absolute Gasteiger partial charge is 0.352 e. The molecular formula is C13H22N4O. The van der Waals surface area contributed by atoms with Gasteiger partial charge >= 0.3 is 0 Å². The van der Waals surface area contributed by atoms with Gasteiger partial charge in [-0.3, -0.25) is 4.79 Å². The first-order chi connectivity index (χ1) is 8.59. The lowest BCUT2D eigenvalue weighted by Gasteiger charge is -2.20. The van der Waals surface area contributed by atoms with E-state index in [1.54, 1.807) is 6.33 Å². The summed E-state index contributed by atoms with van der Waals surface area (Å²) < 4.78 is 2.00. The topological polar surface area (TPSA) is 59.0 Å². The predicted molar refractivity (Wildman–Crippen MR) is 70.4 cm³/mol. The number of carbonyl (C=O) groups is 1. The molecule has 0 bridgehead atoms. The highest BCUT2D eigenvalue weighted by Crippen LogP contribution is 2.24. The number of amides is 1. The molecular weight excluding hydrogens is 228 g/mol. The number of imidazole rings is 1. The van der Waals surface area contributed by atoms with E-state index in [4.69, 9.17) is 0 Å². The summed E-state index contributed by atoms with van der Waals surface area (Å²) in [6.45, 7) is 7.89. The maximum absolute atomic E-state index is 12.0. The van der Waals surface area contributed by atoms with E-state index in [0.717, 1.165) is 25.2 Å². The summed E-state index contributed by atoms with van der Waals surface area (Å²) in [5, 5.41) is 6.29. The van der Waals surface area contributed by atoms with Crippen molar-refractivity contribution >= 4 is 5.91 Å². The van der Waals surface area contributed by atoms with Crippen molar-refractivity contribution in [3.63, 3.8) is 0 Å². The number of hydrogen-bond acceptors (Lipinski definition) is 3.